The molecule has 0 unspecified atom stereocenters. The fourth-order valence-corrected chi connectivity index (χ4v) is 2.98. The number of ketones is 2. The Labute approximate surface area is 171 Å². The molecule has 0 bridgehead atoms. The van der Waals surface area contributed by atoms with E-state index in [0.29, 0.717) is 23.7 Å². The Morgan fingerprint density at radius 3 is 1.23 bits per heavy atom. The Morgan fingerprint density at radius 1 is 0.533 bits per heavy atom. The zero-order valence-electron chi connectivity index (χ0n) is 15.5. The largest absolute Gasteiger partial charge is 0.449 e. The minimum atomic E-state index is -0.496. The van der Waals surface area contributed by atoms with Crippen LogP contribution >= 0.6 is 0 Å². The van der Waals surface area contributed by atoms with Crippen LogP contribution in [0.1, 0.15) is 41.4 Å². The summed E-state index contributed by atoms with van der Waals surface area (Å²) in [7, 11) is 0. The van der Waals surface area contributed by atoms with Gasteiger partial charge in [-0.2, -0.15) is 0 Å². The molecule has 0 atom stereocenters. The summed E-state index contributed by atoms with van der Waals surface area (Å²) in [6.07, 6.45) is 1.37. The molecule has 0 fully saturated rings. The second-order valence-corrected chi connectivity index (χ2v) is 6.44. The maximum Gasteiger partial charge on any atom is 0.233 e. The number of ether oxygens (including phenoxy) is 2. The van der Waals surface area contributed by atoms with Gasteiger partial charge in [0.1, 0.15) is 24.1 Å². The zero-order valence-corrected chi connectivity index (χ0v) is 15.5. The van der Waals surface area contributed by atoms with Gasteiger partial charge in [-0.3, -0.25) is 19.2 Å². The van der Waals surface area contributed by atoms with E-state index in [2.05, 4.69) is 0 Å². The molecule has 0 heterocycles. The third-order valence-electron chi connectivity index (χ3n) is 4.51. The minimum absolute atomic E-state index is 0.214. The van der Waals surface area contributed by atoms with Crippen LogP contribution < -0.4 is 9.47 Å². The van der Waals surface area contributed by atoms with Crippen molar-refractivity contribution in [3.8, 4) is 11.5 Å². The van der Waals surface area contributed by atoms with Crippen molar-refractivity contribution in [3.63, 3.8) is 0 Å². The summed E-state index contributed by atoms with van der Waals surface area (Å²) in [6, 6.07) is 18.6. The van der Waals surface area contributed by atoms with Crippen molar-refractivity contribution >= 4 is 24.1 Å². The van der Waals surface area contributed by atoms with Gasteiger partial charge in [0.2, 0.25) is 23.1 Å². The second kappa shape index (κ2) is 7.97. The number of benzene rings is 3. The average Bonchev–Trinajstić information content (AvgIpc) is 2.80. The fraction of sp³-hybridized carbons (Fsp3) is 0. The smallest absolute Gasteiger partial charge is 0.233 e. The SMILES string of the molecule is O=Cc1ccc(OC2=C(Oc3ccc(C=O)cc3)C(=O)c3ccccc3C2=O)cc1. The molecule has 0 aliphatic heterocycles. The topological polar surface area (TPSA) is 86.7 Å². The van der Waals surface area contributed by atoms with Crippen LogP contribution in [-0.2, 0) is 0 Å². The number of Topliss-reactive ketones (excluding diaryl/α,β-unsaturated/α-hetero) is 2. The van der Waals surface area contributed by atoms with Crippen molar-refractivity contribution in [2.24, 2.45) is 0 Å². The standard InChI is InChI=1S/C24H14O6/c25-13-15-5-9-17(10-6-15)29-23-21(27)19-3-1-2-4-20(19)22(28)24(23)30-18-11-7-16(14-26)8-12-18/h1-14H. The van der Waals surface area contributed by atoms with E-state index in [-0.39, 0.29) is 34.1 Å². The molecule has 0 N–H and O–H groups in total. The molecule has 3 aromatic carbocycles. The summed E-state index contributed by atoms with van der Waals surface area (Å²) in [5.41, 5.74) is 1.32. The highest BCUT2D eigenvalue weighted by Gasteiger charge is 2.36. The zero-order chi connectivity index (χ0) is 21.1. The number of carbonyl (C=O) groups excluding carboxylic acids is 4. The van der Waals surface area contributed by atoms with E-state index in [1.807, 2.05) is 0 Å². The predicted molar refractivity (Wildman–Crippen MR) is 107 cm³/mol. The van der Waals surface area contributed by atoms with Crippen LogP contribution in [0, 0.1) is 0 Å². The van der Waals surface area contributed by atoms with Crippen LogP contribution in [0.15, 0.2) is 84.3 Å². The molecule has 0 aromatic heterocycles. The van der Waals surface area contributed by atoms with Crippen molar-refractivity contribution in [2.45, 2.75) is 0 Å². The number of rotatable bonds is 6. The molecular formula is C24H14O6. The number of carbonyl (C=O) groups is 4. The summed E-state index contributed by atoms with van der Waals surface area (Å²) >= 11 is 0. The average molecular weight is 398 g/mol. The maximum absolute atomic E-state index is 13.1. The molecule has 1 aliphatic carbocycles. The Balaban J connectivity index is 1.77. The molecule has 4 rings (SSSR count). The van der Waals surface area contributed by atoms with E-state index in [1.165, 1.54) is 48.5 Å². The number of hydrogen-bond acceptors (Lipinski definition) is 6. The molecule has 0 amide bonds. The lowest BCUT2D eigenvalue weighted by Gasteiger charge is -2.21. The van der Waals surface area contributed by atoms with Gasteiger partial charge >= 0.3 is 0 Å². The molecule has 6 heteroatoms. The Morgan fingerprint density at radius 2 is 0.900 bits per heavy atom. The highest BCUT2D eigenvalue weighted by molar-refractivity contribution is 6.25. The lowest BCUT2D eigenvalue weighted by Crippen LogP contribution is -2.27. The summed E-state index contributed by atoms with van der Waals surface area (Å²) < 4.78 is 11.5. The van der Waals surface area contributed by atoms with Crippen molar-refractivity contribution in [2.75, 3.05) is 0 Å². The second-order valence-electron chi connectivity index (χ2n) is 6.44. The molecule has 0 saturated carbocycles. The molecule has 3 aromatic rings. The van der Waals surface area contributed by atoms with Crippen LogP contribution in [0.2, 0.25) is 0 Å². The maximum atomic E-state index is 13.1. The van der Waals surface area contributed by atoms with E-state index in [9.17, 15) is 19.2 Å². The van der Waals surface area contributed by atoms with Crippen molar-refractivity contribution < 1.29 is 28.7 Å². The summed E-state index contributed by atoms with van der Waals surface area (Å²) in [6.45, 7) is 0. The lowest BCUT2D eigenvalue weighted by molar-refractivity contribution is 0.0897. The van der Waals surface area contributed by atoms with E-state index >= 15 is 0 Å². The van der Waals surface area contributed by atoms with Gasteiger partial charge in [0.05, 0.1) is 0 Å². The number of fused-ring (bicyclic) bond motifs is 1. The van der Waals surface area contributed by atoms with Gasteiger partial charge in [-0.15, -0.1) is 0 Å². The molecule has 146 valence electrons. The summed E-state index contributed by atoms with van der Waals surface area (Å²) in [4.78, 5) is 47.8. The Kier molecular flexibility index (Phi) is 5.05. The Bertz CT molecular complexity index is 1090. The third kappa shape index (κ3) is 3.54. The highest BCUT2D eigenvalue weighted by atomic mass is 16.5. The van der Waals surface area contributed by atoms with Crippen molar-refractivity contribution in [1.29, 1.82) is 0 Å². The normalized spacial score (nSPS) is 12.9. The van der Waals surface area contributed by atoms with E-state index < -0.39 is 11.6 Å². The fourth-order valence-electron chi connectivity index (χ4n) is 2.98. The lowest BCUT2D eigenvalue weighted by atomic mass is 9.92. The first kappa shape index (κ1) is 19.0. The van der Waals surface area contributed by atoms with Crippen LogP contribution in [-0.4, -0.2) is 24.1 Å². The minimum Gasteiger partial charge on any atom is -0.449 e. The van der Waals surface area contributed by atoms with Crippen molar-refractivity contribution in [3.05, 3.63) is 107 Å². The van der Waals surface area contributed by atoms with Gasteiger partial charge in [-0.05, 0) is 48.5 Å². The first-order valence-corrected chi connectivity index (χ1v) is 8.99. The predicted octanol–water partition coefficient (Wildman–Crippen LogP) is 4.06. The van der Waals surface area contributed by atoms with Gasteiger partial charge < -0.3 is 9.47 Å². The van der Waals surface area contributed by atoms with Crippen LogP contribution in [0.3, 0.4) is 0 Å². The molecule has 6 nitrogen and oxygen atoms in total. The quantitative estimate of drug-likeness (QED) is 0.582. The van der Waals surface area contributed by atoms with Crippen molar-refractivity contribution in [1.82, 2.24) is 0 Å². The van der Waals surface area contributed by atoms with E-state index in [4.69, 9.17) is 9.47 Å². The van der Waals surface area contributed by atoms with Gasteiger partial charge in [0.25, 0.3) is 0 Å². The monoisotopic (exact) mass is 398 g/mol. The third-order valence-corrected chi connectivity index (χ3v) is 4.51. The highest BCUT2D eigenvalue weighted by Crippen LogP contribution is 2.30. The molecule has 30 heavy (non-hydrogen) atoms. The van der Waals surface area contributed by atoms with Crippen LogP contribution in [0.4, 0.5) is 0 Å². The Hall–Kier alpha value is -4.32. The summed E-state index contributed by atoms with van der Waals surface area (Å²) in [5, 5.41) is 0. The molecular weight excluding hydrogens is 384 g/mol. The van der Waals surface area contributed by atoms with Gasteiger partial charge in [0.15, 0.2) is 0 Å². The van der Waals surface area contributed by atoms with Gasteiger partial charge in [-0.25, -0.2) is 0 Å². The van der Waals surface area contributed by atoms with Gasteiger partial charge in [-0.1, -0.05) is 24.3 Å². The molecule has 1 aliphatic rings. The number of hydrogen-bond donors (Lipinski definition) is 0. The first-order valence-electron chi connectivity index (χ1n) is 8.99. The van der Waals surface area contributed by atoms with E-state index in [1.54, 1.807) is 24.3 Å². The first-order chi connectivity index (χ1) is 14.6. The molecule has 0 radical (unpaired) electrons. The van der Waals surface area contributed by atoms with E-state index in [0.717, 1.165) is 0 Å². The number of aldehydes is 2. The van der Waals surface area contributed by atoms with Crippen LogP contribution in [0.25, 0.3) is 0 Å². The van der Waals surface area contributed by atoms with Crippen LogP contribution in [0.5, 0.6) is 11.5 Å². The number of allylic oxidation sites excluding steroid dienone is 2. The van der Waals surface area contributed by atoms with Gasteiger partial charge in [0, 0.05) is 22.3 Å². The molecule has 0 spiro atoms. The summed E-state index contributed by atoms with van der Waals surface area (Å²) in [5.74, 6) is -0.954. The molecule has 0 saturated heterocycles.